The summed E-state index contributed by atoms with van der Waals surface area (Å²) >= 11 is 1.69. The molecule has 1 atom stereocenters. The highest BCUT2D eigenvalue weighted by molar-refractivity contribution is 7.99. The zero-order valence-corrected chi connectivity index (χ0v) is 17.7. The molecule has 0 fully saturated rings. The SMILES string of the molecule is Cc1ccc(Sc2ccccc2NC(O)CN(CCO)c2ccccc2)c(C)c1. The van der Waals surface area contributed by atoms with Crippen molar-refractivity contribution in [3.8, 4) is 0 Å². The molecular weight excluding hydrogens is 380 g/mol. The first-order valence-electron chi connectivity index (χ1n) is 9.76. The molecule has 0 saturated heterocycles. The first-order valence-corrected chi connectivity index (χ1v) is 10.6. The number of aliphatic hydroxyl groups excluding tert-OH is 2. The zero-order chi connectivity index (χ0) is 20.6. The minimum absolute atomic E-state index is 0.0285. The number of aryl methyl sites for hydroxylation is 2. The second-order valence-corrected chi connectivity index (χ2v) is 8.12. The number of rotatable bonds is 9. The van der Waals surface area contributed by atoms with E-state index in [4.69, 9.17) is 0 Å². The summed E-state index contributed by atoms with van der Waals surface area (Å²) in [6, 6.07) is 24.3. The maximum atomic E-state index is 10.7. The predicted octanol–water partition coefficient (Wildman–Crippen LogP) is 4.68. The van der Waals surface area contributed by atoms with Gasteiger partial charge in [-0.05, 0) is 49.7 Å². The number of hydrogen-bond donors (Lipinski definition) is 3. The molecule has 29 heavy (non-hydrogen) atoms. The molecule has 0 aliphatic carbocycles. The third-order valence-electron chi connectivity index (χ3n) is 4.64. The third kappa shape index (κ3) is 6.00. The highest BCUT2D eigenvalue weighted by atomic mass is 32.2. The van der Waals surface area contributed by atoms with E-state index in [9.17, 15) is 10.2 Å². The highest BCUT2D eigenvalue weighted by Crippen LogP contribution is 2.35. The van der Waals surface area contributed by atoms with Crippen LogP contribution in [0.15, 0.2) is 82.6 Å². The van der Waals surface area contributed by atoms with Crippen molar-refractivity contribution in [1.29, 1.82) is 0 Å². The van der Waals surface area contributed by atoms with Crippen LogP contribution in [0.2, 0.25) is 0 Å². The summed E-state index contributed by atoms with van der Waals surface area (Å²) in [4.78, 5) is 4.23. The number of para-hydroxylation sites is 2. The van der Waals surface area contributed by atoms with Crippen LogP contribution in [0, 0.1) is 13.8 Å². The van der Waals surface area contributed by atoms with Crippen molar-refractivity contribution in [1.82, 2.24) is 0 Å². The Morgan fingerprint density at radius 3 is 2.38 bits per heavy atom. The lowest BCUT2D eigenvalue weighted by molar-refractivity contribution is 0.204. The molecule has 4 nitrogen and oxygen atoms in total. The van der Waals surface area contributed by atoms with Gasteiger partial charge in [0.15, 0.2) is 0 Å². The largest absolute Gasteiger partial charge is 0.395 e. The lowest BCUT2D eigenvalue weighted by Crippen LogP contribution is -2.38. The summed E-state index contributed by atoms with van der Waals surface area (Å²) in [7, 11) is 0. The van der Waals surface area contributed by atoms with Crippen LogP contribution in [0.5, 0.6) is 0 Å². The first kappa shape index (κ1) is 21.2. The quantitative estimate of drug-likeness (QED) is 0.449. The molecule has 0 heterocycles. The molecule has 152 valence electrons. The van der Waals surface area contributed by atoms with Gasteiger partial charge in [0.2, 0.25) is 0 Å². The normalized spacial score (nSPS) is 11.9. The van der Waals surface area contributed by atoms with E-state index in [1.54, 1.807) is 11.8 Å². The van der Waals surface area contributed by atoms with Gasteiger partial charge in [-0.3, -0.25) is 0 Å². The van der Waals surface area contributed by atoms with E-state index in [0.717, 1.165) is 16.3 Å². The van der Waals surface area contributed by atoms with Gasteiger partial charge in [-0.15, -0.1) is 0 Å². The molecule has 3 aromatic rings. The van der Waals surface area contributed by atoms with Crippen molar-refractivity contribution in [3.05, 3.63) is 83.9 Å². The molecule has 0 saturated carbocycles. The highest BCUT2D eigenvalue weighted by Gasteiger charge is 2.14. The Bertz CT molecular complexity index is 918. The fourth-order valence-electron chi connectivity index (χ4n) is 3.23. The lowest BCUT2D eigenvalue weighted by atomic mass is 10.2. The monoisotopic (exact) mass is 408 g/mol. The Morgan fingerprint density at radius 2 is 1.66 bits per heavy atom. The van der Waals surface area contributed by atoms with E-state index >= 15 is 0 Å². The van der Waals surface area contributed by atoms with Gasteiger partial charge in [0.05, 0.1) is 18.8 Å². The molecule has 0 aromatic heterocycles. The molecule has 0 aliphatic heterocycles. The fraction of sp³-hybridized carbons (Fsp3) is 0.250. The van der Waals surface area contributed by atoms with Crippen LogP contribution in [-0.2, 0) is 0 Å². The summed E-state index contributed by atoms with van der Waals surface area (Å²) in [5, 5.41) is 23.3. The van der Waals surface area contributed by atoms with Crippen LogP contribution in [0.1, 0.15) is 11.1 Å². The van der Waals surface area contributed by atoms with E-state index in [1.807, 2.05) is 53.4 Å². The summed E-state index contributed by atoms with van der Waals surface area (Å²) in [6.07, 6.45) is -0.775. The number of nitrogens with one attached hydrogen (secondary N) is 1. The van der Waals surface area contributed by atoms with Crippen LogP contribution in [0.25, 0.3) is 0 Å². The van der Waals surface area contributed by atoms with E-state index in [0.29, 0.717) is 13.1 Å². The van der Waals surface area contributed by atoms with Crippen LogP contribution < -0.4 is 10.2 Å². The number of benzene rings is 3. The molecule has 1 unspecified atom stereocenters. The average Bonchev–Trinajstić information content (AvgIpc) is 2.72. The number of hydrogen-bond acceptors (Lipinski definition) is 5. The smallest absolute Gasteiger partial charge is 0.142 e. The molecular formula is C24H28N2O2S. The van der Waals surface area contributed by atoms with Crippen LogP contribution in [0.4, 0.5) is 11.4 Å². The first-order chi connectivity index (χ1) is 14.1. The van der Waals surface area contributed by atoms with Crippen molar-refractivity contribution in [2.45, 2.75) is 29.9 Å². The maximum Gasteiger partial charge on any atom is 0.142 e. The van der Waals surface area contributed by atoms with Gasteiger partial charge in [-0.1, -0.05) is 59.8 Å². The summed E-state index contributed by atoms with van der Waals surface area (Å²) in [5.74, 6) is 0. The molecule has 0 spiro atoms. The minimum Gasteiger partial charge on any atom is -0.395 e. The maximum absolute atomic E-state index is 10.7. The Balaban J connectivity index is 1.72. The molecule has 3 rings (SSSR count). The molecule has 0 amide bonds. The van der Waals surface area contributed by atoms with Gasteiger partial charge < -0.3 is 20.4 Å². The molecule has 0 radical (unpaired) electrons. The third-order valence-corrected chi connectivity index (χ3v) is 5.90. The molecule has 0 aliphatic rings. The van der Waals surface area contributed by atoms with Crippen molar-refractivity contribution < 1.29 is 10.2 Å². The second kappa shape index (κ2) is 10.3. The van der Waals surface area contributed by atoms with Gasteiger partial charge >= 0.3 is 0 Å². The number of aliphatic hydroxyl groups is 2. The lowest BCUT2D eigenvalue weighted by Gasteiger charge is -2.27. The van der Waals surface area contributed by atoms with E-state index in [1.165, 1.54) is 16.0 Å². The number of anilines is 2. The number of nitrogens with zero attached hydrogens (tertiary/aromatic N) is 1. The van der Waals surface area contributed by atoms with Crippen molar-refractivity contribution in [3.63, 3.8) is 0 Å². The Labute approximate surface area is 177 Å². The van der Waals surface area contributed by atoms with Crippen LogP contribution in [-0.4, -0.2) is 36.1 Å². The zero-order valence-electron chi connectivity index (χ0n) is 16.9. The van der Waals surface area contributed by atoms with Crippen LogP contribution in [0.3, 0.4) is 0 Å². The second-order valence-electron chi connectivity index (χ2n) is 7.03. The topological polar surface area (TPSA) is 55.7 Å². The summed E-state index contributed by atoms with van der Waals surface area (Å²) < 4.78 is 0. The van der Waals surface area contributed by atoms with Gasteiger partial charge in [0.1, 0.15) is 6.23 Å². The summed E-state index contributed by atoms with van der Waals surface area (Å²) in [5.41, 5.74) is 4.35. The van der Waals surface area contributed by atoms with Gasteiger partial charge in [-0.2, -0.15) is 0 Å². The van der Waals surface area contributed by atoms with Crippen molar-refractivity contribution >= 4 is 23.1 Å². The standard InChI is InChI=1S/C24H28N2O2S/c1-18-12-13-22(19(2)16-18)29-23-11-7-6-10-21(23)25-24(28)17-26(14-15-27)20-8-4-3-5-9-20/h3-13,16,24-25,27-28H,14-15,17H2,1-2H3. The molecule has 5 heteroatoms. The van der Waals surface area contributed by atoms with E-state index < -0.39 is 6.23 Å². The molecule has 3 aromatic carbocycles. The summed E-state index contributed by atoms with van der Waals surface area (Å²) in [6.45, 7) is 5.07. The Hall–Kier alpha value is -2.47. The molecule has 3 N–H and O–H groups in total. The van der Waals surface area contributed by atoms with Gasteiger partial charge in [0.25, 0.3) is 0 Å². The van der Waals surface area contributed by atoms with E-state index in [2.05, 4.69) is 43.4 Å². The minimum atomic E-state index is -0.775. The van der Waals surface area contributed by atoms with E-state index in [-0.39, 0.29) is 6.61 Å². The van der Waals surface area contributed by atoms with Gasteiger partial charge in [0, 0.05) is 22.0 Å². The average molecular weight is 409 g/mol. The van der Waals surface area contributed by atoms with Crippen LogP contribution >= 0.6 is 11.8 Å². The van der Waals surface area contributed by atoms with Gasteiger partial charge in [-0.25, -0.2) is 0 Å². The Morgan fingerprint density at radius 1 is 0.931 bits per heavy atom. The van der Waals surface area contributed by atoms with Crippen molar-refractivity contribution in [2.24, 2.45) is 0 Å². The fourth-order valence-corrected chi connectivity index (χ4v) is 4.20. The Kier molecular flexibility index (Phi) is 7.58. The van der Waals surface area contributed by atoms with Crippen molar-refractivity contribution in [2.75, 3.05) is 29.9 Å². The molecule has 0 bridgehead atoms. The predicted molar refractivity (Wildman–Crippen MR) is 122 cm³/mol.